The van der Waals surface area contributed by atoms with Gasteiger partial charge in [0.2, 0.25) is 5.89 Å². The monoisotopic (exact) mass is 266 g/mol. The van der Waals surface area contributed by atoms with Gasteiger partial charge in [-0.15, -0.1) is 5.10 Å². The molecule has 1 aliphatic carbocycles. The molecule has 0 aromatic carbocycles. The Balaban J connectivity index is 1.80. The standard InChI is InChI=1S/C14H26N4O/c1-10-5-7-11(8-6-10)16-13-18-17-12(19-13)9-15-14(2,3)4/h10-11,15H,5-9H2,1-4H3,(H,16,18). The Kier molecular flexibility index (Phi) is 4.45. The Bertz CT molecular complexity index is 388. The lowest BCUT2D eigenvalue weighted by Crippen LogP contribution is -2.35. The van der Waals surface area contributed by atoms with Crippen molar-refractivity contribution in [3.63, 3.8) is 0 Å². The molecule has 5 heteroatoms. The molecule has 1 fully saturated rings. The highest BCUT2D eigenvalue weighted by molar-refractivity contribution is 5.19. The molecule has 0 spiro atoms. The lowest BCUT2D eigenvalue weighted by atomic mass is 9.87. The third-order valence-electron chi connectivity index (χ3n) is 3.58. The summed E-state index contributed by atoms with van der Waals surface area (Å²) in [7, 11) is 0. The summed E-state index contributed by atoms with van der Waals surface area (Å²) in [5.74, 6) is 1.49. The van der Waals surface area contributed by atoms with Gasteiger partial charge in [0.05, 0.1) is 6.54 Å². The van der Waals surface area contributed by atoms with E-state index in [2.05, 4.69) is 48.5 Å². The molecule has 1 saturated carbocycles. The topological polar surface area (TPSA) is 63.0 Å². The average Bonchev–Trinajstić information content (AvgIpc) is 2.77. The van der Waals surface area contributed by atoms with Crippen molar-refractivity contribution >= 4 is 6.01 Å². The molecule has 1 aromatic heterocycles. The molecule has 19 heavy (non-hydrogen) atoms. The number of rotatable bonds is 4. The van der Waals surface area contributed by atoms with E-state index in [9.17, 15) is 0 Å². The fourth-order valence-electron chi connectivity index (χ4n) is 2.30. The second-order valence-electron chi connectivity index (χ2n) is 6.71. The van der Waals surface area contributed by atoms with E-state index in [1.165, 1.54) is 25.7 Å². The summed E-state index contributed by atoms with van der Waals surface area (Å²) < 4.78 is 5.61. The van der Waals surface area contributed by atoms with Crippen molar-refractivity contribution in [2.75, 3.05) is 5.32 Å². The minimum atomic E-state index is 0.0571. The van der Waals surface area contributed by atoms with Crippen molar-refractivity contribution in [3.8, 4) is 0 Å². The van der Waals surface area contributed by atoms with Crippen LogP contribution in [0.5, 0.6) is 0 Å². The number of aromatic nitrogens is 2. The molecule has 1 heterocycles. The largest absolute Gasteiger partial charge is 0.407 e. The third-order valence-corrected chi connectivity index (χ3v) is 3.58. The van der Waals surface area contributed by atoms with Crippen LogP contribution >= 0.6 is 0 Å². The molecule has 0 atom stereocenters. The van der Waals surface area contributed by atoms with Gasteiger partial charge in [-0.2, -0.15) is 0 Å². The van der Waals surface area contributed by atoms with Crippen LogP contribution in [-0.2, 0) is 6.54 Å². The number of nitrogens with one attached hydrogen (secondary N) is 2. The van der Waals surface area contributed by atoms with Crippen molar-refractivity contribution in [1.82, 2.24) is 15.5 Å². The summed E-state index contributed by atoms with van der Waals surface area (Å²) in [6.07, 6.45) is 4.95. The van der Waals surface area contributed by atoms with Crippen LogP contribution in [0.1, 0.15) is 59.3 Å². The minimum absolute atomic E-state index is 0.0571. The summed E-state index contributed by atoms with van der Waals surface area (Å²) in [5.41, 5.74) is 0.0571. The molecule has 108 valence electrons. The molecule has 0 aliphatic heterocycles. The first-order valence-corrected chi connectivity index (χ1v) is 7.26. The van der Waals surface area contributed by atoms with Crippen molar-refractivity contribution < 1.29 is 4.42 Å². The quantitative estimate of drug-likeness (QED) is 0.877. The first-order chi connectivity index (χ1) is 8.92. The van der Waals surface area contributed by atoms with E-state index in [-0.39, 0.29) is 5.54 Å². The maximum absolute atomic E-state index is 5.61. The Morgan fingerprint density at radius 3 is 2.47 bits per heavy atom. The van der Waals surface area contributed by atoms with Gasteiger partial charge in [-0.25, -0.2) is 0 Å². The molecule has 1 aliphatic rings. The third kappa shape index (κ3) is 4.82. The van der Waals surface area contributed by atoms with Crippen LogP contribution < -0.4 is 10.6 Å². The van der Waals surface area contributed by atoms with E-state index >= 15 is 0 Å². The summed E-state index contributed by atoms with van der Waals surface area (Å²) in [6.45, 7) is 9.28. The lowest BCUT2D eigenvalue weighted by molar-refractivity contribution is 0.352. The van der Waals surface area contributed by atoms with E-state index < -0.39 is 0 Å². The Labute approximate surface area is 115 Å². The summed E-state index contributed by atoms with van der Waals surface area (Å²) in [5, 5.41) is 14.8. The first kappa shape index (κ1) is 14.3. The summed E-state index contributed by atoms with van der Waals surface area (Å²) in [4.78, 5) is 0. The van der Waals surface area contributed by atoms with E-state index in [1.807, 2.05) is 0 Å². The van der Waals surface area contributed by atoms with Gasteiger partial charge in [0, 0.05) is 11.6 Å². The Morgan fingerprint density at radius 1 is 1.16 bits per heavy atom. The van der Waals surface area contributed by atoms with Crippen molar-refractivity contribution in [2.45, 2.75) is 71.5 Å². The Morgan fingerprint density at radius 2 is 1.84 bits per heavy atom. The van der Waals surface area contributed by atoms with Gasteiger partial charge in [0.1, 0.15) is 0 Å². The molecule has 0 saturated heterocycles. The maximum atomic E-state index is 5.61. The van der Waals surface area contributed by atoms with Gasteiger partial charge >= 0.3 is 6.01 Å². The molecular formula is C14H26N4O. The second kappa shape index (κ2) is 5.90. The van der Waals surface area contributed by atoms with Gasteiger partial charge < -0.3 is 15.1 Å². The van der Waals surface area contributed by atoms with Gasteiger partial charge in [-0.05, 0) is 52.4 Å². The molecule has 2 rings (SSSR count). The molecule has 1 aromatic rings. The van der Waals surface area contributed by atoms with Crippen LogP contribution in [0.2, 0.25) is 0 Å². The van der Waals surface area contributed by atoms with Crippen molar-refractivity contribution in [1.29, 1.82) is 0 Å². The number of hydrogen-bond acceptors (Lipinski definition) is 5. The zero-order valence-corrected chi connectivity index (χ0v) is 12.5. The van der Waals surface area contributed by atoms with Crippen LogP contribution in [0.4, 0.5) is 6.01 Å². The molecule has 0 unspecified atom stereocenters. The predicted octanol–water partition coefficient (Wildman–Crippen LogP) is 2.95. The van der Waals surface area contributed by atoms with Crippen LogP contribution in [0, 0.1) is 5.92 Å². The summed E-state index contributed by atoms with van der Waals surface area (Å²) in [6, 6.07) is 1.05. The number of hydrogen-bond donors (Lipinski definition) is 2. The van der Waals surface area contributed by atoms with Crippen LogP contribution in [0.15, 0.2) is 4.42 Å². The Hall–Kier alpha value is -1.10. The minimum Gasteiger partial charge on any atom is -0.407 e. The molecular weight excluding hydrogens is 240 g/mol. The molecule has 0 bridgehead atoms. The fraction of sp³-hybridized carbons (Fsp3) is 0.857. The van der Waals surface area contributed by atoms with Gasteiger partial charge in [0.15, 0.2) is 0 Å². The van der Waals surface area contributed by atoms with E-state index in [0.29, 0.717) is 24.5 Å². The predicted molar refractivity (Wildman–Crippen MR) is 75.9 cm³/mol. The highest BCUT2D eigenvalue weighted by atomic mass is 16.4. The van der Waals surface area contributed by atoms with Gasteiger partial charge in [-0.1, -0.05) is 12.0 Å². The zero-order valence-electron chi connectivity index (χ0n) is 12.5. The van der Waals surface area contributed by atoms with Gasteiger partial charge in [0.25, 0.3) is 0 Å². The van der Waals surface area contributed by atoms with E-state index in [0.717, 1.165) is 5.92 Å². The molecule has 2 N–H and O–H groups in total. The highest BCUT2D eigenvalue weighted by Gasteiger charge is 2.20. The highest BCUT2D eigenvalue weighted by Crippen LogP contribution is 2.25. The zero-order chi connectivity index (χ0) is 13.9. The van der Waals surface area contributed by atoms with Gasteiger partial charge in [-0.3, -0.25) is 0 Å². The van der Waals surface area contributed by atoms with Crippen molar-refractivity contribution in [3.05, 3.63) is 5.89 Å². The lowest BCUT2D eigenvalue weighted by Gasteiger charge is -2.25. The average molecular weight is 266 g/mol. The summed E-state index contributed by atoms with van der Waals surface area (Å²) >= 11 is 0. The number of nitrogens with zero attached hydrogens (tertiary/aromatic N) is 2. The fourth-order valence-corrected chi connectivity index (χ4v) is 2.30. The van der Waals surface area contributed by atoms with Crippen LogP contribution in [-0.4, -0.2) is 21.8 Å². The number of anilines is 1. The molecule has 0 amide bonds. The normalized spacial score (nSPS) is 24.4. The first-order valence-electron chi connectivity index (χ1n) is 7.26. The smallest absolute Gasteiger partial charge is 0.315 e. The SMILES string of the molecule is CC1CCC(Nc2nnc(CNC(C)(C)C)o2)CC1. The van der Waals surface area contributed by atoms with Crippen LogP contribution in [0.25, 0.3) is 0 Å². The van der Waals surface area contributed by atoms with E-state index in [4.69, 9.17) is 4.42 Å². The molecule has 5 nitrogen and oxygen atoms in total. The maximum Gasteiger partial charge on any atom is 0.315 e. The second-order valence-corrected chi connectivity index (χ2v) is 6.71. The van der Waals surface area contributed by atoms with E-state index in [1.54, 1.807) is 0 Å². The molecule has 0 radical (unpaired) electrons. The van der Waals surface area contributed by atoms with Crippen molar-refractivity contribution in [2.24, 2.45) is 5.92 Å². The van der Waals surface area contributed by atoms with Crippen LogP contribution in [0.3, 0.4) is 0 Å².